The molecule has 0 aliphatic carbocycles. The van der Waals surface area contributed by atoms with E-state index in [0.29, 0.717) is 38.4 Å². The molecule has 2 aromatic rings. The lowest BCUT2D eigenvalue weighted by Gasteiger charge is -2.46. The average Bonchev–Trinajstić information content (AvgIpc) is 3.44. The summed E-state index contributed by atoms with van der Waals surface area (Å²) in [5.41, 5.74) is -2.61. The molecular formula is C24H30F3N3O5S2. The third-order valence-corrected chi connectivity index (χ3v) is 11.0. The van der Waals surface area contributed by atoms with Crippen molar-refractivity contribution in [2.45, 2.75) is 53.6 Å². The molecule has 0 saturated carbocycles. The van der Waals surface area contributed by atoms with Gasteiger partial charge in [0.1, 0.15) is 4.21 Å². The molecule has 0 amide bonds. The third kappa shape index (κ3) is 4.90. The summed E-state index contributed by atoms with van der Waals surface area (Å²) in [6.07, 6.45) is -4.77. The van der Waals surface area contributed by atoms with Crippen LogP contribution in [-0.4, -0.2) is 97.6 Å². The van der Waals surface area contributed by atoms with Crippen molar-refractivity contribution >= 4 is 27.0 Å². The fourth-order valence-electron chi connectivity index (χ4n) is 5.51. The average molecular weight is 562 g/mol. The van der Waals surface area contributed by atoms with Crippen LogP contribution in [0.2, 0.25) is 0 Å². The normalized spacial score (nSPS) is 29.4. The van der Waals surface area contributed by atoms with Gasteiger partial charge in [0.25, 0.3) is 10.0 Å². The van der Waals surface area contributed by atoms with Gasteiger partial charge in [-0.25, -0.2) is 8.42 Å². The maximum atomic E-state index is 13.3. The first-order valence-electron chi connectivity index (χ1n) is 12.1. The van der Waals surface area contributed by atoms with Crippen LogP contribution in [-0.2, 0) is 20.4 Å². The number of anilines is 1. The Balaban J connectivity index is 1.43. The number of aliphatic hydroxyl groups is 2. The molecule has 1 aromatic carbocycles. The number of ether oxygens (including phenoxy) is 1. The fourth-order valence-corrected chi connectivity index (χ4v) is 8.12. The lowest BCUT2D eigenvalue weighted by Crippen LogP contribution is -2.61. The molecule has 0 spiro atoms. The standard InChI is InChI=1S/C24H30F3N3O5S2/c1-23(32,24(25,26)27)16-4-6-17(7-5-16)29-9-8-28(37(33,34)22-3-2-10-36-22)12-19(29)13-30-18-11-21(31)20(30)15-35-14-18/h2-7,10,18-21,31-32H,8-9,11-15H2,1H3/t18-,19+,20-,21-,23+/m0/s1. The van der Waals surface area contributed by atoms with E-state index in [0.717, 1.165) is 18.3 Å². The zero-order valence-corrected chi connectivity index (χ0v) is 21.8. The number of rotatable bonds is 6. The summed E-state index contributed by atoms with van der Waals surface area (Å²) in [5.74, 6) is 0. The minimum Gasteiger partial charge on any atom is -0.391 e. The second-order valence-corrected chi connectivity index (χ2v) is 13.1. The van der Waals surface area contributed by atoms with Gasteiger partial charge in [-0.1, -0.05) is 18.2 Å². The van der Waals surface area contributed by atoms with Crippen molar-refractivity contribution in [2.24, 2.45) is 0 Å². The maximum Gasteiger partial charge on any atom is 0.421 e. The number of hydrogen-bond acceptors (Lipinski definition) is 8. The first-order chi connectivity index (χ1) is 17.4. The first kappa shape index (κ1) is 26.9. The zero-order chi connectivity index (χ0) is 26.6. The van der Waals surface area contributed by atoms with E-state index in [4.69, 9.17) is 4.74 Å². The molecule has 2 N–H and O–H groups in total. The van der Waals surface area contributed by atoms with Crippen LogP contribution in [0.5, 0.6) is 0 Å². The predicted molar refractivity (Wildman–Crippen MR) is 132 cm³/mol. The van der Waals surface area contributed by atoms with Crippen LogP contribution in [0.1, 0.15) is 18.9 Å². The molecule has 3 fully saturated rings. The smallest absolute Gasteiger partial charge is 0.391 e. The Labute approximate surface area is 217 Å². The van der Waals surface area contributed by atoms with Gasteiger partial charge < -0.3 is 19.8 Å². The summed E-state index contributed by atoms with van der Waals surface area (Å²) in [5, 5.41) is 22.3. The number of halogens is 3. The van der Waals surface area contributed by atoms with Crippen LogP contribution in [0.3, 0.4) is 0 Å². The number of benzene rings is 1. The number of hydrogen-bond donors (Lipinski definition) is 2. The predicted octanol–water partition coefficient (Wildman–Crippen LogP) is 2.23. The van der Waals surface area contributed by atoms with Crippen molar-refractivity contribution in [3.8, 4) is 0 Å². The third-order valence-electron chi connectivity index (χ3n) is 7.72. The highest BCUT2D eigenvalue weighted by molar-refractivity contribution is 7.91. The number of thiophene rings is 1. The number of morpholine rings is 1. The SMILES string of the molecule is C[C@@](O)(c1ccc(N2CCN(S(=O)(=O)c3cccs3)C[C@@H]2CN2[C@@H]3COC[C@H]2[C@@H](O)C3)cc1)C(F)(F)F. The lowest BCUT2D eigenvalue weighted by atomic mass is 9.95. The molecule has 5 rings (SSSR count). The highest BCUT2D eigenvalue weighted by atomic mass is 32.2. The number of aliphatic hydroxyl groups excluding tert-OH is 1. The molecule has 2 bridgehead atoms. The van der Waals surface area contributed by atoms with Gasteiger partial charge in [0.05, 0.1) is 31.4 Å². The van der Waals surface area contributed by atoms with Crippen molar-refractivity contribution in [1.29, 1.82) is 0 Å². The van der Waals surface area contributed by atoms with E-state index >= 15 is 0 Å². The quantitative estimate of drug-likeness (QED) is 0.559. The van der Waals surface area contributed by atoms with Crippen LogP contribution >= 0.6 is 11.3 Å². The second-order valence-electron chi connectivity index (χ2n) is 10.0. The molecule has 3 aliphatic heterocycles. The van der Waals surface area contributed by atoms with Gasteiger partial charge in [0.2, 0.25) is 0 Å². The van der Waals surface area contributed by atoms with E-state index < -0.39 is 27.9 Å². The van der Waals surface area contributed by atoms with Crippen LogP contribution in [0.4, 0.5) is 18.9 Å². The Morgan fingerprint density at radius 2 is 1.86 bits per heavy atom. The zero-order valence-electron chi connectivity index (χ0n) is 20.2. The first-order valence-corrected chi connectivity index (χ1v) is 14.4. The minimum atomic E-state index is -4.82. The Bertz CT molecular complexity index is 1190. The number of nitrogens with zero attached hydrogens (tertiary/aromatic N) is 3. The fraction of sp³-hybridized carbons (Fsp3) is 0.583. The monoisotopic (exact) mass is 561 g/mol. The van der Waals surface area contributed by atoms with Crippen molar-refractivity contribution < 1.29 is 36.5 Å². The summed E-state index contributed by atoms with van der Waals surface area (Å²) < 4.78 is 73.9. The molecule has 0 unspecified atom stereocenters. The number of piperazine rings is 1. The highest BCUT2D eigenvalue weighted by Gasteiger charge is 2.51. The molecule has 1 aromatic heterocycles. The van der Waals surface area contributed by atoms with E-state index in [1.54, 1.807) is 17.5 Å². The van der Waals surface area contributed by atoms with Crippen LogP contribution in [0.25, 0.3) is 0 Å². The minimum absolute atomic E-state index is 0.0177. The molecule has 3 aliphatic rings. The number of sulfonamides is 1. The summed E-state index contributed by atoms with van der Waals surface area (Å²) in [4.78, 5) is 4.18. The van der Waals surface area contributed by atoms with Crippen LogP contribution in [0, 0.1) is 0 Å². The lowest BCUT2D eigenvalue weighted by molar-refractivity contribution is -0.258. The molecule has 4 heterocycles. The van der Waals surface area contributed by atoms with E-state index in [1.165, 1.54) is 28.6 Å². The highest BCUT2D eigenvalue weighted by Crippen LogP contribution is 2.39. The molecule has 5 atom stereocenters. The number of fused-ring (bicyclic) bond motifs is 2. The van der Waals surface area contributed by atoms with Gasteiger partial charge in [0, 0.05) is 37.9 Å². The molecule has 37 heavy (non-hydrogen) atoms. The second kappa shape index (κ2) is 9.78. The van der Waals surface area contributed by atoms with E-state index in [2.05, 4.69) is 4.90 Å². The van der Waals surface area contributed by atoms with Gasteiger partial charge >= 0.3 is 6.18 Å². The Hall–Kier alpha value is -1.74. The van der Waals surface area contributed by atoms with Gasteiger partial charge in [-0.15, -0.1) is 11.3 Å². The van der Waals surface area contributed by atoms with E-state index in [9.17, 15) is 31.8 Å². The van der Waals surface area contributed by atoms with Crippen molar-refractivity contribution in [2.75, 3.05) is 44.3 Å². The van der Waals surface area contributed by atoms with Gasteiger partial charge in [0.15, 0.2) is 5.60 Å². The van der Waals surface area contributed by atoms with E-state index in [1.807, 2.05) is 4.90 Å². The maximum absolute atomic E-state index is 13.3. The summed E-state index contributed by atoms with van der Waals surface area (Å²) >= 11 is 1.16. The van der Waals surface area contributed by atoms with Crippen molar-refractivity contribution in [3.05, 3.63) is 47.3 Å². The van der Waals surface area contributed by atoms with Gasteiger partial charge in [-0.3, -0.25) is 4.90 Å². The van der Waals surface area contributed by atoms with Crippen LogP contribution in [0.15, 0.2) is 46.0 Å². The summed E-state index contributed by atoms with van der Waals surface area (Å²) in [6.45, 7) is 2.81. The van der Waals surface area contributed by atoms with Crippen LogP contribution < -0.4 is 4.90 Å². The molecular weight excluding hydrogens is 531 g/mol. The van der Waals surface area contributed by atoms with Gasteiger partial charge in [-0.05, 0) is 42.5 Å². The summed E-state index contributed by atoms with van der Waals surface area (Å²) in [7, 11) is -3.69. The van der Waals surface area contributed by atoms with Crippen molar-refractivity contribution in [3.63, 3.8) is 0 Å². The molecule has 8 nitrogen and oxygen atoms in total. The Kier molecular flexibility index (Phi) is 7.10. The molecule has 13 heteroatoms. The van der Waals surface area contributed by atoms with E-state index in [-0.39, 0.29) is 41.0 Å². The number of alkyl halides is 3. The van der Waals surface area contributed by atoms with Crippen molar-refractivity contribution in [1.82, 2.24) is 9.21 Å². The Morgan fingerprint density at radius 3 is 2.49 bits per heavy atom. The topological polar surface area (TPSA) is 93.6 Å². The van der Waals surface area contributed by atoms with Gasteiger partial charge in [-0.2, -0.15) is 17.5 Å². The largest absolute Gasteiger partial charge is 0.421 e. The molecule has 204 valence electrons. The molecule has 3 saturated heterocycles. The molecule has 0 radical (unpaired) electrons. The summed E-state index contributed by atoms with van der Waals surface area (Å²) in [6, 6.07) is 8.38. The Morgan fingerprint density at radius 1 is 1.14 bits per heavy atom.